The van der Waals surface area contributed by atoms with Crippen molar-refractivity contribution < 1.29 is 14.6 Å². The van der Waals surface area contributed by atoms with Crippen LogP contribution in [-0.2, 0) is 6.54 Å². The third kappa shape index (κ3) is 5.32. The molecule has 2 aromatic rings. The average molecular weight is 463 g/mol. The van der Waals surface area contributed by atoms with Gasteiger partial charge in [-0.25, -0.2) is 4.98 Å². The molecule has 156 valence electrons. The number of aliphatic hydroxyl groups excluding tert-OH is 1. The highest BCUT2D eigenvalue weighted by Gasteiger charge is 2.34. The van der Waals surface area contributed by atoms with Crippen LogP contribution in [-0.4, -0.2) is 69.7 Å². The van der Waals surface area contributed by atoms with Crippen LogP contribution in [0.15, 0.2) is 41.3 Å². The molecule has 0 aromatic carbocycles. The van der Waals surface area contributed by atoms with Gasteiger partial charge in [0, 0.05) is 48.6 Å². The molecule has 2 aromatic heterocycles. The molecule has 0 spiro atoms. The summed E-state index contributed by atoms with van der Waals surface area (Å²) in [4.78, 5) is 25.4. The van der Waals surface area contributed by atoms with Crippen LogP contribution in [0.3, 0.4) is 0 Å². The van der Waals surface area contributed by atoms with Gasteiger partial charge in [0.15, 0.2) is 0 Å². The minimum atomic E-state index is -0.287. The SMILES string of the molecule is C[C@@H]1CN([C@@H](C)CO)C(=O)c2cc(Br)cnc2O[C@@H]1CN(C)Cc1ccncc1. The molecular formula is C21H27BrN4O3. The average Bonchev–Trinajstić information content (AvgIpc) is 2.71. The zero-order valence-electron chi connectivity index (χ0n) is 17.0. The molecule has 3 atom stereocenters. The fraction of sp³-hybridized carbons (Fsp3) is 0.476. The number of hydrogen-bond acceptors (Lipinski definition) is 6. The van der Waals surface area contributed by atoms with E-state index in [9.17, 15) is 9.90 Å². The Morgan fingerprint density at radius 2 is 2.14 bits per heavy atom. The van der Waals surface area contributed by atoms with Gasteiger partial charge >= 0.3 is 0 Å². The van der Waals surface area contributed by atoms with E-state index in [1.54, 1.807) is 29.6 Å². The number of carbonyl (C=O) groups is 1. The van der Waals surface area contributed by atoms with Gasteiger partial charge in [0.2, 0.25) is 5.88 Å². The highest BCUT2D eigenvalue weighted by atomic mass is 79.9. The van der Waals surface area contributed by atoms with Crippen LogP contribution in [0.5, 0.6) is 5.88 Å². The van der Waals surface area contributed by atoms with E-state index in [1.165, 1.54) is 5.56 Å². The molecule has 3 rings (SSSR count). The van der Waals surface area contributed by atoms with E-state index in [0.29, 0.717) is 29.0 Å². The Labute approximate surface area is 179 Å². The van der Waals surface area contributed by atoms with Crippen molar-refractivity contribution in [2.45, 2.75) is 32.5 Å². The Morgan fingerprint density at radius 3 is 2.83 bits per heavy atom. The van der Waals surface area contributed by atoms with Crippen molar-refractivity contribution in [1.82, 2.24) is 19.8 Å². The van der Waals surface area contributed by atoms with Crippen molar-refractivity contribution >= 4 is 21.8 Å². The zero-order valence-corrected chi connectivity index (χ0v) is 18.5. The van der Waals surface area contributed by atoms with Crippen molar-refractivity contribution in [1.29, 1.82) is 0 Å². The van der Waals surface area contributed by atoms with E-state index >= 15 is 0 Å². The summed E-state index contributed by atoms with van der Waals surface area (Å²) in [6, 6.07) is 5.44. The molecule has 1 aliphatic rings. The quantitative estimate of drug-likeness (QED) is 0.710. The van der Waals surface area contributed by atoms with Gasteiger partial charge in [-0.3, -0.25) is 14.7 Å². The number of aromatic nitrogens is 2. The van der Waals surface area contributed by atoms with Gasteiger partial charge in [-0.15, -0.1) is 0 Å². The fourth-order valence-corrected chi connectivity index (χ4v) is 3.80. The lowest BCUT2D eigenvalue weighted by Gasteiger charge is -2.37. The van der Waals surface area contributed by atoms with Crippen molar-refractivity contribution in [2.24, 2.45) is 5.92 Å². The summed E-state index contributed by atoms with van der Waals surface area (Å²) in [6.07, 6.45) is 5.05. The lowest BCUT2D eigenvalue weighted by molar-refractivity contribution is 0.0325. The molecule has 0 radical (unpaired) electrons. The molecular weight excluding hydrogens is 436 g/mol. The van der Waals surface area contributed by atoms with Crippen LogP contribution < -0.4 is 4.74 Å². The summed E-state index contributed by atoms with van der Waals surface area (Å²) in [7, 11) is 2.05. The maximum atomic E-state index is 13.1. The molecule has 1 amide bonds. The van der Waals surface area contributed by atoms with Gasteiger partial charge in [0.25, 0.3) is 5.91 Å². The number of likely N-dealkylation sites (N-methyl/N-ethyl adjacent to an activating group) is 1. The van der Waals surface area contributed by atoms with Crippen molar-refractivity contribution in [3.05, 3.63) is 52.4 Å². The molecule has 0 fully saturated rings. The van der Waals surface area contributed by atoms with E-state index in [2.05, 4.69) is 37.7 Å². The Hall–Kier alpha value is -2.03. The van der Waals surface area contributed by atoms with E-state index in [-0.39, 0.29) is 30.6 Å². The topological polar surface area (TPSA) is 78.8 Å². The number of fused-ring (bicyclic) bond motifs is 1. The molecule has 0 saturated carbocycles. The number of ether oxygens (including phenoxy) is 1. The summed E-state index contributed by atoms with van der Waals surface area (Å²) < 4.78 is 6.96. The fourth-order valence-electron chi connectivity index (χ4n) is 3.47. The number of pyridine rings is 2. The first-order valence-corrected chi connectivity index (χ1v) is 10.5. The molecule has 7 nitrogen and oxygen atoms in total. The monoisotopic (exact) mass is 462 g/mol. The minimum Gasteiger partial charge on any atom is -0.472 e. The third-order valence-corrected chi connectivity index (χ3v) is 5.61. The summed E-state index contributed by atoms with van der Waals surface area (Å²) >= 11 is 3.39. The molecule has 29 heavy (non-hydrogen) atoms. The van der Waals surface area contributed by atoms with Crippen LogP contribution in [0.25, 0.3) is 0 Å². The number of amides is 1. The van der Waals surface area contributed by atoms with E-state index in [4.69, 9.17) is 4.74 Å². The highest BCUT2D eigenvalue weighted by molar-refractivity contribution is 9.10. The molecule has 3 heterocycles. The van der Waals surface area contributed by atoms with Crippen LogP contribution in [0.4, 0.5) is 0 Å². The minimum absolute atomic E-state index is 0.0615. The second kappa shape index (κ2) is 9.65. The van der Waals surface area contributed by atoms with Crippen LogP contribution >= 0.6 is 15.9 Å². The van der Waals surface area contributed by atoms with Crippen molar-refractivity contribution in [3.63, 3.8) is 0 Å². The molecule has 0 unspecified atom stereocenters. The smallest absolute Gasteiger partial charge is 0.259 e. The second-order valence-electron chi connectivity index (χ2n) is 7.68. The summed E-state index contributed by atoms with van der Waals surface area (Å²) in [6.45, 7) is 5.77. The van der Waals surface area contributed by atoms with E-state index in [1.807, 2.05) is 26.1 Å². The number of hydrogen-bond donors (Lipinski definition) is 1. The normalized spacial score (nSPS) is 20.6. The van der Waals surface area contributed by atoms with Gasteiger partial charge in [-0.2, -0.15) is 0 Å². The lowest BCUT2D eigenvalue weighted by Crippen LogP contribution is -2.49. The maximum Gasteiger partial charge on any atom is 0.259 e. The molecule has 1 N–H and O–H groups in total. The van der Waals surface area contributed by atoms with Gasteiger partial charge in [-0.05, 0) is 53.7 Å². The first-order chi connectivity index (χ1) is 13.9. The second-order valence-corrected chi connectivity index (χ2v) is 8.60. The number of nitrogens with zero attached hydrogens (tertiary/aromatic N) is 4. The summed E-state index contributed by atoms with van der Waals surface area (Å²) in [5, 5.41) is 9.67. The Kier molecular flexibility index (Phi) is 7.21. The predicted molar refractivity (Wildman–Crippen MR) is 114 cm³/mol. The van der Waals surface area contributed by atoms with Crippen molar-refractivity contribution in [2.75, 3.05) is 26.7 Å². The number of halogens is 1. The molecule has 0 saturated heterocycles. The Morgan fingerprint density at radius 1 is 1.41 bits per heavy atom. The molecule has 0 bridgehead atoms. The Balaban J connectivity index is 1.85. The predicted octanol–water partition coefficient (Wildman–Crippen LogP) is 2.59. The molecule has 8 heteroatoms. The molecule has 1 aliphatic heterocycles. The maximum absolute atomic E-state index is 13.1. The lowest BCUT2D eigenvalue weighted by atomic mass is 10.00. The highest BCUT2D eigenvalue weighted by Crippen LogP contribution is 2.28. The first kappa shape index (κ1) is 21.7. The first-order valence-electron chi connectivity index (χ1n) is 9.70. The summed E-state index contributed by atoms with van der Waals surface area (Å²) in [5.74, 6) is 0.222. The number of aliphatic hydroxyl groups is 1. The third-order valence-electron chi connectivity index (χ3n) is 5.18. The Bertz CT molecular complexity index is 836. The van der Waals surface area contributed by atoms with Gasteiger partial charge < -0.3 is 14.7 Å². The standard InChI is InChI=1S/C21H27BrN4O3/c1-14-10-26(15(2)13-27)21(28)18-8-17(22)9-24-20(18)29-19(14)12-25(3)11-16-4-6-23-7-5-16/h4-9,14-15,19,27H,10-13H2,1-3H3/t14-,15+,19-/m1/s1. The number of carbonyl (C=O) groups excluding carboxylic acids is 1. The van der Waals surface area contributed by atoms with Crippen molar-refractivity contribution in [3.8, 4) is 5.88 Å². The van der Waals surface area contributed by atoms with E-state index in [0.717, 1.165) is 6.54 Å². The van der Waals surface area contributed by atoms with Crippen LogP contribution in [0.2, 0.25) is 0 Å². The van der Waals surface area contributed by atoms with Gasteiger partial charge in [-0.1, -0.05) is 6.92 Å². The van der Waals surface area contributed by atoms with Crippen LogP contribution in [0, 0.1) is 5.92 Å². The summed E-state index contributed by atoms with van der Waals surface area (Å²) in [5.41, 5.74) is 1.59. The largest absolute Gasteiger partial charge is 0.472 e. The zero-order chi connectivity index (χ0) is 21.0. The van der Waals surface area contributed by atoms with Gasteiger partial charge in [0.05, 0.1) is 12.6 Å². The number of rotatable bonds is 6. The molecule has 0 aliphatic carbocycles. The van der Waals surface area contributed by atoms with Crippen LogP contribution in [0.1, 0.15) is 29.8 Å². The van der Waals surface area contributed by atoms with E-state index < -0.39 is 0 Å². The van der Waals surface area contributed by atoms with Gasteiger partial charge in [0.1, 0.15) is 11.7 Å².